The Balaban J connectivity index is 1.08. The summed E-state index contributed by atoms with van der Waals surface area (Å²) in [6.07, 6.45) is 5.47. The quantitative estimate of drug-likeness (QED) is 0.00810. The van der Waals surface area contributed by atoms with Gasteiger partial charge in [0.05, 0.1) is 42.3 Å². The van der Waals surface area contributed by atoms with Crippen LogP contribution >= 0.6 is 23.5 Å². The number of hydrogen-bond acceptors (Lipinski definition) is 15. The summed E-state index contributed by atoms with van der Waals surface area (Å²) in [5.41, 5.74) is 6.36. The molecule has 0 fully saturated rings. The SMILES string of the molecule is C#CCC(=O)N[C@@H](Cc1ccccc1)C(=O)N[C@@H](CCCCNC(=O)OC(C)(C)C)C(=O)N[C@@H](Cc1ccccc1)C(=O)N[C@@H](CSC(c1ccccc1)(c1ccccc1)c1ccccc1)C(=O)N[C@@H](CSC(c1ccccc1)(c1ccccc1)c1ccccc1)C(=O)Nc1ccc(OCCOCCOCCC(OCC)OCC)cc1. The zero-order valence-corrected chi connectivity index (χ0v) is 68.2. The first-order valence-corrected chi connectivity index (χ1v) is 41.4. The van der Waals surface area contributed by atoms with Gasteiger partial charge in [-0.15, -0.1) is 29.9 Å². The number of ether oxygens (including phenoxy) is 6. The van der Waals surface area contributed by atoms with Gasteiger partial charge in [-0.2, -0.15) is 0 Å². The van der Waals surface area contributed by atoms with E-state index in [0.717, 1.165) is 33.4 Å². The van der Waals surface area contributed by atoms with Gasteiger partial charge in [0.25, 0.3) is 0 Å². The third kappa shape index (κ3) is 27.6. The largest absolute Gasteiger partial charge is 0.491 e. The summed E-state index contributed by atoms with van der Waals surface area (Å²) >= 11 is 2.88. The molecule has 0 unspecified atom stereocenters. The number of benzene rings is 9. The van der Waals surface area contributed by atoms with Gasteiger partial charge in [-0.25, -0.2) is 4.79 Å². The maximum atomic E-state index is 16.5. The minimum Gasteiger partial charge on any atom is -0.491 e. The topological polar surface area (TPSA) is 259 Å². The second-order valence-corrected chi connectivity index (χ2v) is 30.9. The molecule has 0 aliphatic heterocycles. The number of alkyl carbamates (subject to hydrolysis) is 1. The average molecular weight is 1610 g/mol. The highest BCUT2D eigenvalue weighted by atomic mass is 32.2. The molecule has 0 saturated heterocycles. The summed E-state index contributed by atoms with van der Waals surface area (Å²) in [5.74, 6) is -1.39. The predicted molar refractivity (Wildman–Crippen MR) is 459 cm³/mol. The number of unbranched alkanes of at least 4 members (excludes halogenated alkanes) is 1. The summed E-state index contributed by atoms with van der Waals surface area (Å²) in [7, 11) is 0. The molecule has 0 aliphatic carbocycles. The van der Waals surface area contributed by atoms with Crippen LogP contribution in [-0.4, -0.2) is 148 Å². The minimum atomic E-state index is -1.47. The van der Waals surface area contributed by atoms with Gasteiger partial charge in [0.15, 0.2) is 6.29 Å². The summed E-state index contributed by atoms with van der Waals surface area (Å²) in [6.45, 7) is 12.1. The van der Waals surface area contributed by atoms with E-state index >= 15 is 19.2 Å². The lowest BCUT2D eigenvalue weighted by atomic mass is 9.84. The number of carbonyl (C=O) groups is 7. The van der Waals surface area contributed by atoms with Crippen molar-refractivity contribution in [2.24, 2.45) is 0 Å². The van der Waals surface area contributed by atoms with E-state index in [1.807, 2.05) is 196 Å². The second kappa shape index (κ2) is 47.1. The van der Waals surface area contributed by atoms with Gasteiger partial charge >= 0.3 is 6.09 Å². The lowest BCUT2D eigenvalue weighted by molar-refractivity contribution is -0.147. The molecular weight excluding hydrogens is 1500 g/mol. The highest BCUT2D eigenvalue weighted by molar-refractivity contribution is 8.01. The molecule has 0 radical (unpaired) electrons. The number of rotatable bonds is 47. The van der Waals surface area contributed by atoms with Crippen molar-refractivity contribution < 1.29 is 62.0 Å². The van der Waals surface area contributed by atoms with E-state index in [-0.39, 0.29) is 63.1 Å². The molecule has 608 valence electrons. The Morgan fingerprint density at radius 1 is 0.405 bits per heavy atom. The van der Waals surface area contributed by atoms with Gasteiger partial charge in [-0.1, -0.05) is 249 Å². The molecule has 0 aliphatic rings. The number of thioether (sulfide) groups is 2. The van der Waals surface area contributed by atoms with Crippen LogP contribution in [0, 0.1) is 12.3 Å². The zero-order valence-electron chi connectivity index (χ0n) is 66.6. The standard InChI is InChI=1S/C94H107N7O13S2/c1-7-36-84(102)97-80(65-69-37-18-10-19-38-69)87(104)98-79(53-34-35-59-95-91(108)114-92(4,5)6)86(103)99-81(66-70-39-20-11-21-40-70)88(105)100-83(68-116-94(74-47-28-15-29-48-74,75-49-30-16-31-50-75)76-51-32-17-33-52-76)90(107)101-82(67-115-93(71-41-22-12-23-42-71,72-43-24-13-25-44-72)73-45-26-14-27-46-73)89(106)96-77-54-56-78(57-55-77)113-64-63-110-62-61-109-60-58-85(111-8-2)112-9-3/h1,10-33,37-52,54-57,79-83,85H,8-9,34-36,53,58-68H2,2-6H3,(H,95,108)(H,96,106)(H,97,102)(H,98,104)(H,99,103)(H,100,105)(H,101,107)/t79-,80-,81-,82-,83-/m0/s1. The number of amides is 7. The fraction of sp³-hybridized carbons (Fsp3) is 0.330. The third-order valence-electron chi connectivity index (χ3n) is 18.8. The average Bonchev–Trinajstić information content (AvgIpc) is 0.761. The smallest absolute Gasteiger partial charge is 0.407 e. The molecule has 7 amide bonds. The highest BCUT2D eigenvalue weighted by Gasteiger charge is 2.43. The van der Waals surface area contributed by atoms with Crippen molar-refractivity contribution in [1.29, 1.82) is 0 Å². The number of nitrogens with one attached hydrogen (secondary N) is 7. The molecule has 22 heteroatoms. The van der Waals surface area contributed by atoms with Crippen molar-refractivity contribution in [2.75, 3.05) is 69.6 Å². The zero-order chi connectivity index (χ0) is 82.2. The number of anilines is 1. The van der Waals surface area contributed by atoms with E-state index < -0.39 is 86.8 Å². The van der Waals surface area contributed by atoms with Crippen LogP contribution in [0.3, 0.4) is 0 Å². The van der Waals surface area contributed by atoms with Crippen molar-refractivity contribution >= 4 is 70.7 Å². The van der Waals surface area contributed by atoms with Crippen molar-refractivity contribution in [3.8, 4) is 18.1 Å². The Bertz CT molecular complexity index is 4300. The monoisotopic (exact) mass is 1610 g/mol. The summed E-state index contributed by atoms with van der Waals surface area (Å²) in [6, 6.07) is 78.0. The highest BCUT2D eigenvalue weighted by Crippen LogP contribution is 2.50. The molecule has 9 aromatic carbocycles. The first-order chi connectivity index (χ1) is 56.4. The molecule has 0 bridgehead atoms. The van der Waals surface area contributed by atoms with Crippen molar-refractivity contribution in [1.82, 2.24) is 31.9 Å². The first kappa shape index (κ1) is 88.9. The van der Waals surface area contributed by atoms with Crippen LogP contribution in [0.2, 0.25) is 0 Å². The Labute approximate surface area is 690 Å². The molecule has 0 aromatic heterocycles. The predicted octanol–water partition coefficient (Wildman–Crippen LogP) is 13.9. The van der Waals surface area contributed by atoms with E-state index in [1.54, 1.807) is 69.3 Å². The van der Waals surface area contributed by atoms with Crippen molar-refractivity contribution in [2.45, 2.75) is 131 Å². The minimum absolute atomic E-state index is 0.00516. The number of terminal acetylenes is 1. The van der Waals surface area contributed by atoms with E-state index in [2.05, 4.69) is 79.5 Å². The third-order valence-corrected chi connectivity index (χ3v) is 22.1. The second-order valence-electron chi connectivity index (χ2n) is 28.4. The maximum absolute atomic E-state index is 16.5. The normalized spacial score (nSPS) is 12.8. The van der Waals surface area contributed by atoms with Crippen molar-refractivity contribution in [3.63, 3.8) is 0 Å². The van der Waals surface area contributed by atoms with E-state index in [0.29, 0.717) is 75.0 Å². The molecular formula is C94H107N7O13S2. The van der Waals surface area contributed by atoms with Crippen LogP contribution in [0.5, 0.6) is 5.75 Å². The van der Waals surface area contributed by atoms with Crippen LogP contribution in [0.25, 0.3) is 0 Å². The molecule has 7 N–H and O–H groups in total. The molecule has 0 spiro atoms. The summed E-state index contributed by atoms with van der Waals surface area (Å²) in [4.78, 5) is 105. The van der Waals surface area contributed by atoms with Crippen LogP contribution in [-0.2, 0) is 74.8 Å². The number of carbonyl (C=O) groups excluding carboxylic acids is 7. The Kier molecular flexibility index (Phi) is 36.1. The van der Waals surface area contributed by atoms with Gasteiger partial charge in [0.1, 0.15) is 48.2 Å². The van der Waals surface area contributed by atoms with Crippen molar-refractivity contribution in [3.05, 3.63) is 311 Å². The van der Waals surface area contributed by atoms with Gasteiger partial charge in [-0.05, 0) is 123 Å². The van der Waals surface area contributed by atoms with E-state index in [4.69, 9.17) is 34.8 Å². The van der Waals surface area contributed by atoms with E-state index in [9.17, 15) is 14.4 Å². The lowest BCUT2D eigenvalue weighted by Crippen LogP contribution is -2.60. The Morgan fingerprint density at radius 2 is 0.767 bits per heavy atom. The van der Waals surface area contributed by atoms with Gasteiger partial charge in [0.2, 0.25) is 35.4 Å². The molecule has 20 nitrogen and oxygen atoms in total. The van der Waals surface area contributed by atoms with Gasteiger partial charge in [-0.3, -0.25) is 28.8 Å². The molecule has 9 aromatic rings. The summed E-state index contributed by atoms with van der Waals surface area (Å²) < 4.78 is 32.3. The molecule has 116 heavy (non-hydrogen) atoms. The molecule has 5 atom stereocenters. The fourth-order valence-electron chi connectivity index (χ4n) is 13.3. The Morgan fingerprint density at radius 3 is 1.18 bits per heavy atom. The van der Waals surface area contributed by atoms with Crippen LogP contribution in [0.4, 0.5) is 10.5 Å². The van der Waals surface area contributed by atoms with Crippen LogP contribution < -0.4 is 42.0 Å². The first-order valence-electron chi connectivity index (χ1n) is 39.4. The van der Waals surface area contributed by atoms with Crippen LogP contribution in [0.1, 0.15) is 111 Å². The summed E-state index contributed by atoms with van der Waals surface area (Å²) in [5, 5.41) is 20.9. The fourth-order valence-corrected chi connectivity index (χ4v) is 16.4. The molecule has 0 heterocycles. The number of hydrogen-bond donors (Lipinski definition) is 7. The van der Waals surface area contributed by atoms with Gasteiger partial charge < -0.3 is 65.6 Å². The van der Waals surface area contributed by atoms with Gasteiger partial charge in [0, 0.05) is 56.2 Å². The Hall–Kier alpha value is -11.0. The molecule has 9 rings (SSSR count). The maximum Gasteiger partial charge on any atom is 0.407 e. The van der Waals surface area contributed by atoms with Crippen LogP contribution in [0.15, 0.2) is 267 Å². The lowest BCUT2D eigenvalue weighted by Gasteiger charge is -2.37. The van der Waals surface area contributed by atoms with E-state index in [1.165, 1.54) is 23.5 Å². The molecule has 0 saturated carbocycles.